The fourth-order valence-corrected chi connectivity index (χ4v) is 2.50. The fraction of sp³-hybridized carbons (Fsp3) is 0.929. The lowest BCUT2D eigenvalue weighted by molar-refractivity contribution is 0.184. The molecule has 4 unspecified atom stereocenters. The van der Waals surface area contributed by atoms with Crippen molar-refractivity contribution in [3.8, 4) is 0 Å². The molecule has 0 aromatic carbocycles. The molecule has 0 bridgehead atoms. The highest BCUT2D eigenvalue weighted by Crippen LogP contribution is 2.21. The molecule has 1 fully saturated rings. The number of hydrogen-bond donors (Lipinski definition) is 3. The minimum absolute atomic E-state index is 0.0155. The van der Waals surface area contributed by atoms with Gasteiger partial charge in [0.05, 0.1) is 0 Å². The van der Waals surface area contributed by atoms with Crippen molar-refractivity contribution in [3.63, 3.8) is 0 Å². The molecule has 2 amide bonds. The van der Waals surface area contributed by atoms with E-state index >= 15 is 0 Å². The lowest BCUT2D eigenvalue weighted by atomic mass is 9.90. The molecule has 0 heterocycles. The van der Waals surface area contributed by atoms with Gasteiger partial charge in [0.25, 0.3) is 0 Å². The summed E-state index contributed by atoms with van der Waals surface area (Å²) in [5, 5.41) is 15.0. The Morgan fingerprint density at radius 2 is 2.05 bits per heavy atom. The summed E-state index contributed by atoms with van der Waals surface area (Å²) in [6.07, 6.45) is 4.45. The van der Waals surface area contributed by atoms with Crippen LogP contribution in [0.5, 0.6) is 0 Å². The number of rotatable bonds is 5. The third-order valence-electron chi connectivity index (χ3n) is 4.21. The first-order chi connectivity index (χ1) is 8.93. The second-order valence-electron chi connectivity index (χ2n) is 6.05. The third kappa shape index (κ3) is 5.37. The van der Waals surface area contributed by atoms with Crippen molar-refractivity contribution in [1.82, 2.24) is 15.5 Å². The largest absolute Gasteiger partial charge is 0.396 e. The molecule has 0 spiro atoms. The molecule has 0 saturated heterocycles. The maximum Gasteiger partial charge on any atom is 0.315 e. The summed E-state index contributed by atoms with van der Waals surface area (Å²) in [5.74, 6) is 0.0756. The second kappa shape index (κ2) is 7.70. The second-order valence-corrected chi connectivity index (χ2v) is 6.05. The van der Waals surface area contributed by atoms with Gasteiger partial charge in [0.2, 0.25) is 0 Å². The van der Waals surface area contributed by atoms with Gasteiger partial charge < -0.3 is 20.6 Å². The predicted octanol–water partition coefficient (Wildman–Crippen LogP) is 1.18. The van der Waals surface area contributed by atoms with E-state index in [1.165, 1.54) is 6.42 Å². The third-order valence-corrected chi connectivity index (χ3v) is 4.21. The average molecular weight is 271 g/mol. The van der Waals surface area contributed by atoms with Crippen molar-refractivity contribution in [2.45, 2.75) is 57.7 Å². The Kier molecular flexibility index (Phi) is 6.58. The van der Waals surface area contributed by atoms with Crippen LogP contribution in [0.1, 0.15) is 39.5 Å². The van der Waals surface area contributed by atoms with Crippen LogP contribution in [0.15, 0.2) is 0 Å². The smallest absolute Gasteiger partial charge is 0.315 e. The molecule has 5 nitrogen and oxygen atoms in total. The molecular formula is C14H29N3O2. The van der Waals surface area contributed by atoms with Gasteiger partial charge in [-0.05, 0) is 52.6 Å². The summed E-state index contributed by atoms with van der Waals surface area (Å²) in [5.41, 5.74) is 0. The molecule has 0 radical (unpaired) electrons. The standard InChI is InChI=1S/C14H29N3O2/c1-10(9-18)11(2)15-14(19)16-12-6-5-7-13(8-12)17(3)4/h10-13,18H,5-9H2,1-4H3,(H2,15,16,19). The van der Waals surface area contributed by atoms with Crippen LogP contribution in [0, 0.1) is 5.92 Å². The first-order valence-corrected chi connectivity index (χ1v) is 7.28. The summed E-state index contributed by atoms with van der Waals surface area (Å²) in [6.45, 7) is 3.94. The fourth-order valence-electron chi connectivity index (χ4n) is 2.50. The summed E-state index contributed by atoms with van der Waals surface area (Å²) in [4.78, 5) is 14.1. The summed E-state index contributed by atoms with van der Waals surface area (Å²) >= 11 is 0. The number of carbonyl (C=O) groups excluding carboxylic acids is 1. The van der Waals surface area contributed by atoms with Crippen LogP contribution < -0.4 is 10.6 Å². The molecule has 1 aliphatic rings. The van der Waals surface area contributed by atoms with Crippen molar-refractivity contribution < 1.29 is 9.90 Å². The van der Waals surface area contributed by atoms with Gasteiger partial charge in [0, 0.05) is 24.7 Å². The number of nitrogens with zero attached hydrogens (tertiary/aromatic N) is 1. The van der Waals surface area contributed by atoms with Crippen molar-refractivity contribution in [3.05, 3.63) is 0 Å². The molecule has 0 aromatic rings. The van der Waals surface area contributed by atoms with Crippen LogP contribution >= 0.6 is 0 Å². The number of aliphatic hydroxyl groups excluding tert-OH is 1. The molecule has 1 saturated carbocycles. The Labute approximate surface area is 116 Å². The Balaban J connectivity index is 2.35. The molecule has 3 N–H and O–H groups in total. The zero-order valence-electron chi connectivity index (χ0n) is 12.6. The molecule has 4 atom stereocenters. The number of amides is 2. The Morgan fingerprint density at radius 1 is 1.37 bits per heavy atom. The zero-order chi connectivity index (χ0) is 14.4. The summed E-state index contributed by atoms with van der Waals surface area (Å²) < 4.78 is 0. The number of aliphatic hydroxyl groups is 1. The highest BCUT2D eigenvalue weighted by molar-refractivity contribution is 5.74. The van der Waals surface area contributed by atoms with Crippen molar-refractivity contribution in [2.75, 3.05) is 20.7 Å². The van der Waals surface area contributed by atoms with E-state index in [-0.39, 0.29) is 30.6 Å². The van der Waals surface area contributed by atoms with Gasteiger partial charge in [0.1, 0.15) is 0 Å². The van der Waals surface area contributed by atoms with E-state index in [0.717, 1.165) is 19.3 Å². The quantitative estimate of drug-likeness (QED) is 0.703. The molecule has 1 rings (SSSR count). The van der Waals surface area contributed by atoms with Gasteiger partial charge in [-0.1, -0.05) is 6.92 Å². The van der Waals surface area contributed by atoms with Gasteiger partial charge in [0.15, 0.2) is 0 Å². The monoisotopic (exact) mass is 271 g/mol. The Morgan fingerprint density at radius 3 is 2.63 bits per heavy atom. The Hall–Kier alpha value is -0.810. The van der Waals surface area contributed by atoms with Gasteiger partial charge in [-0.15, -0.1) is 0 Å². The van der Waals surface area contributed by atoms with Crippen LogP contribution in [-0.2, 0) is 0 Å². The highest BCUT2D eigenvalue weighted by atomic mass is 16.3. The first-order valence-electron chi connectivity index (χ1n) is 7.28. The molecular weight excluding hydrogens is 242 g/mol. The van der Waals surface area contributed by atoms with E-state index < -0.39 is 0 Å². The zero-order valence-corrected chi connectivity index (χ0v) is 12.6. The summed E-state index contributed by atoms with van der Waals surface area (Å²) in [7, 11) is 4.19. The molecule has 0 aliphatic heterocycles. The molecule has 1 aliphatic carbocycles. The average Bonchev–Trinajstić information content (AvgIpc) is 2.37. The van der Waals surface area contributed by atoms with Crippen molar-refractivity contribution in [1.29, 1.82) is 0 Å². The lowest BCUT2D eigenvalue weighted by Gasteiger charge is -2.34. The van der Waals surface area contributed by atoms with Gasteiger partial charge in [-0.25, -0.2) is 4.79 Å². The highest BCUT2D eigenvalue weighted by Gasteiger charge is 2.25. The topological polar surface area (TPSA) is 64.6 Å². The Bertz CT molecular complexity index is 284. The van der Waals surface area contributed by atoms with Gasteiger partial charge in [-0.3, -0.25) is 0 Å². The van der Waals surface area contributed by atoms with Crippen LogP contribution in [0.25, 0.3) is 0 Å². The maximum absolute atomic E-state index is 11.9. The maximum atomic E-state index is 11.9. The molecule has 0 aromatic heterocycles. The van der Waals surface area contributed by atoms with E-state index in [2.05, 4.69) is 29.6 Å². The van der Waals surface area contributed by atoms with Crippen LogP contribution in [-0.4, -0.2) is 54.9 Å². The first kappa shape index (κ1) is 16.2. The lowest BCUT2D eigenvalue weighted by Crippen LogP contribution is -2.50. The van der Waals surface area contributed by atoms with Gasteiger partial charge in [-0.2, -0.15) is 0 Å². The molecule has 5 heteroatoms. The SMILES string of the molecule is CC(CO)C(C)NC(=O)NC1CCCC(N(C)C)C1. The number of hydrogen-bond acceptors (Lipinski definition) is 3. The number of nitrogens with one attached hydrogen (secondary N) is 2. The summed E-state index contributed by atoms with van der Waals surface area (Å²) in [6, 6.07) is 0.695. The van der Waals surface area contributed by atoms with Crippen LogP contribution in [0.2, 0.25) is 0 Å². The molecule has 19 heavy (non-hydrogen) atoms. The minimum Gasteiger partial charge on any atom is -0.396 e. The number of urea groups is 1. The minimum atomic E-state index is -0.114. The van der Waals surface area contributed by atoms with E-state index in [0.29, 0.717) is 6.04 Å². The van der Waals surface area contributed by atoms with Crippen molar-refractivity contribution in [2.24, 2.45) is 5.92 Å². The van der Waals surface area contributed by atoms with E-state index in [1.54, 1.807) is 0 Å². The van der Waals surface area contributed by atoms with Gasteiger partial charge >= 0.3 is 6.03 Å². The van der Waals surface area contributed by atoms with E-state index in [1.807, 2.05) is 13.8 Å². The van der Waals surface area contributed by atoms with Crippen molar-refractivity contribution >= 4 is 6.03 Å². The van der Waals surface area contributed by atoms with Crippen LogP contribution in [0.4, 0.5) is 4.79 Å². The van der Waals surface area contributed by atoms with E-state index in [9.17, 15) is 4.79 Å². The normalized spacial score (nSPS) is 26.8. The molecule has 112 valence electrons. The number of carbonyl (C=O) groups is 1. The predicted molar refractivity (Wildman–Crippen MR) is 77.1 cm³/mol. The van der Waals surface area contributed by atoms with E-state index in [4.69, 9.17) is 5.11 Å². The van der Waals surface area contributed by atoms with Crippen LogP contribution in [0.3, 0.4) is 0 Å².